The van der Waals surface area contributed by atoms with Crippen molar-refractivity contribution in [2.75, 3.05) is 6.26 Å². The van der Waals surface area contributed by atoms with Gasteiger partial charge in [0.15, 0.2) is 9.84 Å². The van der Waals surface area contributed by atoms with Crippen LogP contribution < -0.4 is 5.73 Å². The number of hydrogen-bond acceptors (Lipinski definition) is 5. The van der Waals surface area contributed by atoms with Gasteiger partial charge in [0.2, 0.25) is 0 Å². The molecule has 5 nitrogen and oxygen atoms in total. The third kappa shape index (κ3) is 3.16. The lowest BCUT2D eigenvalue weighted by molar-refractivity contribution is 0.601. The van der Waals surface area contributed by atoms with E-state index in [9.17, 15) is 8.42 Å². The van der Waals surface area contributed by atoms with Crippen molar-refractivity contribution in [1.29, 1.82) is 5.41 Å². The summed E-state index contributed by atoms with van der Waals surface area (Å²) in [5.41, 5.74) is 6.48. The van der Waals surface area contributed by atoms with Gasteiger partial charge in [0, 0.05) is 29.9 Å². The van der Waals surface area contributed by atoms with Crippen molar-refractivity contribution < 1.29 is 8.42 Å². The minimum Gasteiger partial charge on any atom is -0.402 e. The maximum absolute atomic E-state index is 11.3. The Morgan fingerprint density at radius 2 is 2.12 bits per heavy atom. The molecule has 0 bridgehead atoms. The van der Waals surface area contributed by atoms with E-state index in [1.807, 2.05) is 0 Å². The summed E-state index contributed by atoms with van der Waals surface area (Å²) in [6.45, 7) is 1.66. The van der Waals surface area contributed by atoms with Crippen LogP contribution in [0.4, 0.5) is 0 Å². The van der Waals surface area contributed by atoms with Gasteiger partial charge in [0.05, 0.1) is 10.6 Å². The highest BCUT2D eigenvalue weighted by Crippen LogP contribution is 2.10. The molecule has 1 heterocycles. The molecule has 0 amide bonds. The van der Waals surface area contributed by atoms with Crippen molar-refractivity contribution in [2.24, 2.45) is 5.73 Å². The first-order valence-electron chi connectivity index (χ1n) is 4.48. The Morgan fingerprint density at radius 3 is 2.62 bits per heavy atom. The van der Waals surface area contributed by atoms with E-state index in [0.29, 0.717) is 11.3 Å². The zero-order valence-electron chi connectivity index (χ0n) is 9.06. The average molecular weight is 239 g/mol. The monoisotopic (exact) mass is 239 g/mol. The largest absolute Gasteiger partial charge is 0.402 e. The molecule has 0 fully saturated rings. The van der Waals surface area contributed by atoms with Gasteiger partial charge in [-0.1, -0.05) is 0 Å². The van der Waals surface area contributed by atoms with E-state index >= 15 is 0 Å². The molecule has 16 heavy (non-hydrogen) atoms. The predicted molar refractivity (Wildman–Crippen MR) is 62.1 cm³/mol. The summed E-state index contributed by atoms with van der Waals surface area (Å²) >= 11 is 0. The fraction of sp³-hybridized carbons (Fsp3) is 0.200. The highest BCUT2D eigenvalue weighted by atomic mass is 32.2. The first-order chi connectivity index (χ1) is 7.30. The van der Waals surface area contributed by atoms with E-state index in [4.69, 9.17) is 11.1 Å². The maximum Gasteiger partial charge on any atom is 0.177 e. The van der Waals surface area contributed by atoms with E-state index in [1.165, 1.54) is 24.5 Å². The van der Waals surface area contributed by atoms with E-state index in [2.05, 4.69) is 4.98 Å². The lowest BCUT2D eigenvalue weighted by Crippen LogP contribution is -2.04. The van der Waals surface area contributed by atoms with Gasteiger partial charge >= 0.3 is 0 Å². The summed E-state index contributed by atoms with van der Waals surface area (Å²) in [5, 5.41) is 7.67. The summed E-state index contributed by atoms with van der Waals surface area (Å²) in [5.74, 6) is 0. The van der Waals surface area contributed by atoms with Crippen molar-refractivity contribution in [3.05, 3.63) is 35.8 Å². The topological polar surface area (TPSA) is 96.9 Å². The smallest absolute Gasteiger partial charge is 0.177 e. The van der Waals surface area contributed by atoms with E-state index < -0.39 is 9.84 Å². The number of hydrogen-bond donors (Lipinski definition) is 2. The van der Waals surface area contributed by atoms with Crippen LogP contribution in [0.3, 0.4) is 0 Å². The van der Waals surface area contributed by atoms with Crippen LogP contribution in [-0.2, 0) is 9.84 Å². The number of rotatable bonds is 3. The number of aromatic nitrogens is 1. The van der Waals surface area contributed by atoms with Crippen LogP contribution >= 0.6 is 0 Å². The van der Waals surface area contributed by atoms with Crippen molar-refractivity contribution in [3.8, 4) is 0 Å². The standard InChI is InChI=1S/C10H13N3O2S/c1-7(11)3-10(12)8-4-9(6-13-5-8)16(2,14)15/h3-6,12H,11H2,1-2H3/b7-3+,12-10?. The number of nitrogens with two attached hydrogens (primary N) is 1. The van der Waals surface area contributed by atoms with Gasteiger partial charge in [0.1, 0.15) is 0 Å². The van der Waals surface area contributed by atoms with Crippen LogP contribution in [0.15, 0.2) is 35.1 Å². The van der Waals surface area contributed by atoms with Gasteiger partial charge in [0.25, 0.3) is 0 Å². The lowest BCUT2D eigenvalue weighted by Gasteiger charge is -2.02. The third-order valence-electron chi connectivity index (χ3n) is 1.82. The summed E-state index contributed by atoms with van der Waals surface area (Å²) < 4.78 is 22.6. The molecule has 1 aromatic heterocycles. The molecular weight excluding hydrogens is 226 g/mol. The third-order valence-corrected chi connectivity index (χ3v) is 2.90. The summed E-state index contributed by atoms with van der Waals surface area (Å²) in [7, 11) is -3.30. The molecule has 6 heteroatoms. The van der Waals surface area contributed by atoms with E-state index in [-0.39, 0.29) is 10.6 Å². The van der Waals surface area contributed by atoms with Crippen molar-refractivity contribution in [1.82, 2.24) is 4.98 Å². The molecule has 0 unspecified atom stereocenters. The zero-order valence-corrected chi connectivity index (χ0v) is 9.88. The molecule has 0 radical (unpaired) electrons. The summed E-state index contributed by atoms with van der Waals surface area (Å²) in [6.07, 6.45) is 5.23. The molecule has 0 saturated carbocycles. The van der Waals surface area contributed by atoms with Crippen molar-refractivity contribution >= 4 is 15.5 Å². The quantitative estimate of drug-likeness (QED) is 0.759. The zero-order chi connectivity index (χ0) is 12.3. The Labute approximate surface area is 94.4 Å². The second-order valence-corrected chi connectivity index (χ2v) is 5.50. The van der Waals surface area contributed by atoms with Gasteiger partial charge in [-0.3, -0.25) is 4.98 Å². The fourth-order valence-electron chi connectivity index (χ4n) is 1.08. The second kappa shape index (κ2) is 4.44. The van der Waals surface area contributed by atoms with Crippen LogP contribution in [0.5, 0.6) is 0 Å². The molecule has 0 atom stereocenters. The summed E-state index contributed by atoms with van der Waals surface area (Å²) in [4.78, 5) is 3.88. The average Bonchev–Trinajstić information content (AvgIpc) is 2.15. The molecule has 1 rings (SSSR count). The normalized spacial score (nSPS) is 12.5. The molecule has 86 valence electrons. The Balaban J connectivity index is 3.19. The lowest BCUT2D eigenvalue weighted by atomic mass is 10.1. The van der Waals surface area contributed by atoms with Crippen LogP contribution in [0.25, 0.3) is 0 Å². The van der Waals surface area contributed by atoms with E-state index in [1.54, 1.807) is 6.92 Å². The molecule has 0 aliphatic heterocycles. The number of pyridine rings is 1. The first kappa shape index (κ1) is 12.4. The number of nitrogens with zero attached hydrogens (tertiary/aromatic N) is 1. The fourth-order valence-corrected chi connectivity index (χ4v) is 1.67. The molecule has 0 spiro atoms. The van der Waals surface area contributed by atoms with E-state index in [0.717, 1.165) is 6.26 Å². The van der Waals surface area contributed by atoms with Gasteiger partial charge in [-0.2, -0.15) is 0 Å². The Bertz CT molecular complexity index is 543. The van der Waals surface area contributed by atoms with Gasteiger partial charge in [-0.25, -0.2) is 8.42 Å². The molecule has 0 aliphatic rings. The Kier molecular flexibility index (Phi) is 3.44. The van der Waals surface area contributed by atoms with Gasteiger partial charge < -0.3 is 11.1 Å². The van der Waals surface area contributed by atoms with Crippen LogP contribution in [0, 0.1) is 5.41 Å². The number of nitrogens with one attached hydrogen (secondary N) is 1. The molecule has 0 aliphatic carbocycles. The predicted octanol–water partition coefficient (Wildman–Crippen LogP) is 0.715. The highest BCUT2D eigenvalue weighted by molar-refractivity contribution is 7.90. The second-order valence-electron chi connectivity index (χ2n) is 3.48. The molecule has 1 aromatic rings. The molecule has 0 aromatic carbocycles. The van der Waals surface area contributed by atoms with Gasteiger partial charge in [-0.15, -0.1) is 0 Å². The SMILES string of the molecule is C/C(N)=C\C(=N)c1cncc(S(C)(=O)=O)c1. The Morgan fingerprint density at radius 1 is 1.50 bits per heavy atom. The molecule has 3 N–H and O–H groups in total. The van der Waals surface area contributed by atoms with Crippen LogP contribution in [0.2, 0.25) is 0 Å². The Hall–Kier alpha value is -1.69. The minimum absolute atomic E-state index is 0.0952. The summed E-state index contributed by atoms with van der Waals surface area (Å²) in [6, 6.07) is 1.41. The maximum atomic E-state index is 11.3. The molecule has 0 saturated heterocycles. The van der Waals surface area contributed by atoms with Crippen molar-refractivity contribution in [2.45, 2.75) is 11.8 Å². The van der Waals surface area contributed by atoms with Crippen LogP contribution in [-0.4, -0.2) is 25.4 Å². The van der Waals surface area contributed by atoms with Crippen molar-refractivity contribution in [3.63, 3.8) is 0 Å². The number of sulfone groups is 1. The molecular formula is C10H13N3O2S. The number of allylic oxidation sites excluding steroid dienone is 2. The highest BCUT2D eigenvalue weighted by Gasteiger charge is 2.09. The first-order valence-corrected chi connectivity index (χ1v) is 6.37. The van der Waals surface area contributed by atoms with Crippen LogP contribution in [0.1, 0.15) is 12.5 Å². The minimum atomic E-state index is -3.30. The van der Waals surface area contributed by atoms with Gasteiger partial charge in [-0.05, 0) is 19.1 Å².